The first-order valence-electron chi connectivity index (χ1n) is 6.47. The maximum Gasteiger partial charge on any atom is 0.397 e. The minimum Gasteiger partial charge on any atom is -0.354 e. The van der Waals surface area contributed by atoms with Gasteiger partial charge in [0.25, 0.3) is 0 Å². The van der Waals surface area contributed by atoms with E-state index in [4.69, 9.17) is 0 Å². The van der Waals surface area contributed by atoms with E-state index in [1.807, 2.05) is 30.7 Å². The molecule has 1 aromatic rings. The molecule has 1 rings (SSSR count). The first-order chi connectivity index (χ1) is 9.37. The van der Waals surface area contributed by atoms with Crippen molar-refractivity contribution in [3.05, 3.63) is 22.4 Å². The van der Waals surface area contributed by atoms with Gasteiger partial charge in [-0.05, 0) is 35.5 Å². The number of halogens is 3. The van der Waals surface area contributed by atoms with Gasteiger partial charge in [-0.15, -0.1) is 0 Å². The Bertz CT molecular complexity index is 402. The van der Waals surface area contributed by atoms with Gasteiger partial charge in [0, 0.05) is 6.54 Å². The third-order valence-corrected chi connectivity index (χ3v) is 3.74. The zero-order valence-electron chi connectivity index (χ0n) is 11.5. The number of hydrogen-bond donors (Lipinski definition) is 1. The molecule has 1 amide bonds. The molecule has 0 aromatic carbocycles. The number of amides is 1. The van der Waals surface area contributed by atoms with Gasteiger partial charge in [-0.3, -0.25) is 9.69 Å². The van der Waals surface area contributed by atoms with Crippen LogP contribution in [0.25, 0.3) is 0 Å². The zero-order valence-corrected chi connectivity index (χ0v) is 12.4. The molecule has 114 valence electrons. The van der Waals surface area contributed by atoms with Crippen molar-refractivity contribution in [1.82, 2.24) is 10.2 Å². The number of rotatable bonds is 7. The topological polar surface area (TPSA) is 32.3 Å². The van der Waals surface area contributed by atoms with Crippen LogP contribution in [-0.4, -0.2) is 36.6 Å². The van der Waals surface area contributed by atoms with Gasteiger partial charge in [0.2, 0.25) is 5.91 Å². The first-order valence-corrected chi connectivity index (χ1v) is 7.41. The lowest BCUT2D eigenvalue weighted by Gasteiger charge is -2.29. The van der Waals surface area contributed by atoms with E-state index in [0.29, 0.717) is 0 Å². The van der Waals surface area contributed by atoms with Gasteiger partial charge in [0.1, 0.15) is 6.42 Å². The summed E-state index contributed by atoms with van der Waals surface area (Å²) in [5, 5.41) is 6.26. The Morgan fingerprint density at radius 2 is 2.05 bits per heavy atom. The van der Waals surface area contributed by atoms with Crippen LogP contribution in [-0.2, 0) is 4.79 Å². The molecule has 3 nitrogen and oxygen atoms in total. The second-order valence-electron chi connectivity index (χ2n) is 4.39. The van der Waals surface area contributed by atoms with Gasteiger partial charge in [-0.25, -0.2) is 0 Å². The van der Waals surface area contributed by atoms with E-state index >= 15 is 0 Å². The standard InChI is InChI=1S/C13H19F3N2OS/c1-3-18(4-2)11(10-5-6-20-9-10)8-17-12(19)7-13(14,15)16/h5-6,9,11H,3-4,7-8H2,1-2H3,(H,17,19)/t11-/m1/s1. The maximum atomic E-state index is 12.1. The lowest BCUT2D eigenvalue weighted by molar-refractivity contribution is -0.153. The molecule has 0 saturated heterocycles. The quantitative estimate of drug-likeness (QED) is 0.839. The van der Waals surface area contributed by atoms with Crippen LogP contribution < -0.4 is 5.32 Å². The van der Waals surface area contributed by atoms with Crippen LogP contribution in [0.15, 0.2) is 16.8 Å². The number of hydrogen-bond acceptors (Lipinski definition) is 3. The summed E-state index contributed by atoms with van der Waals surface area (Å²) in [6.45, 7) is 5.70. The van der Waals surface area contributed by atoms with Crippen molar-refractivity contribution < 1.29 is 18.0 Å². The van der Waals surface area contributed by atoms with Crippen LogP contribution >= 0.6 is 11.3 Å². The summed E-state index contributed by atoms with van der Waals surface area (Å²) in [5.74, 6) is -0.982. The Morgan fingerprint density at radius 1 is 1.40 bits per heavy atom. The average molecular weight is 308 g/mol. The van der Waals surface area contributed by atoms with Gasteiger partial charge in [-0.2, -0.15) is 24.5 Å². The molecule has 0 aliphatic heterocycles. The summed E-state index contributed by atoms with van der Waals surface area (Å²) in [5.41, 5.74) is 1.02. The summed E-state index contributed by atoms with van der Waals surface area (Å²) < 4.78 is 36.4. The molecule has 1 atom stereocenters. The number of alkyl halides is 3. The Balaban J connectivity index is 2.64. The fourth-order valence-electron chi connectivity index (χ4n) is 2.04. The van der Waals surface area contributed by atoms with E-state index in [9.17, 15) is 18.0 Å². The molecular formula is C13H19F3N2OS. The molecule has 0 radical (unpaired) electrons. The van der Waals surface area contributed by atoms with Gasteiger partial charge in [-0.1, -0.05) is 13.8 Å². The van der Waals surface area contributed by atoms with E-state index in [-0.39, 0.29) is 12.6 Å². The third-order valence-electron chi connectivity index (χ3n) is 3.03. The van der Waals surface area contributed by atoms with Crippen LogP contribution in [0.2, 0.25) is 0 Å². The molecule has 0 spiro atoms. The molecule has 1 N–H and O–H groups in total. The van der Waals surface area contributed by atoms with Crippen molar-refractivity contribution in [2.75, 3.05) is 19.6 Å². The Hall–Kier alpha value is -1.08. The number of thiophene rings is 1. The van der Waals surface area contributed by atoms with E-state index in [1.165, 1.54) is 11.3 Å². The summed E-state index contributed by atoms with van der Waals surface area (Å²) in [6.07, 6.45) is -5.89. The normalized spacial score (nSPS) is 13.5. The zero-order chi connectivity index (χ0) is 15.2. The highest BCUT2D eigenvalue weighted by molar-refractivity contribution is 7.07. The van der Waals surface area contributed by atoms with Crippen molar-refractivity contribution in [2.24, 2.45) is 0 Å². The summed E-state index contributed by atoms with van der Waals surface area (Å²) in [4.78, 5) is 13.4. The minimum absolute atomic E-state index is 0.0894. The van der Waals surface area contributed by atoms with E-state index in [0.717, 1.165) is 18.7 Å². The number of carbonyl (C=O) groups excluding carboxylic acids is 1. The Morgan fingerprint density at radius 3 is 2.50 bits per heavy atom. The summed E-state index contributed by atoms with van der Waals surface area (Å²) in [6, 6.07) is 1.84. The Labute approximate surface area is 120 Å². The smallest absolute Gasteiger partial charge is 0.354 e. The van der Waals surface area contributed by atoms with Crippen LogP contribution in [0.5, 0.6) is 0 Å². The lowest BCUT2D eigenvalue weighted by atomic mass is 10.1. The second-order valence-corrected chi connectivity index (χ2v) is 5.17. The van der Waals surface area contributed by atoms with Crippen LogP contribution in [0, 0.1) is 0 Å². The van der Waals surface area contributed by atoms with Gasteiger partial charge in [0.05, 0.1) is 6.04 Å². The highest BCUT2D eigenvalue weighted by Gasteiger charge is 2.31. The molecule has 7 heteroatoms. The molecule has 1 heterocycles. The van der Waals surface area contributed by atoms with Crippen LogP contribution in [0.4, 0.5) is 13.2 Å². The molecule has 0 bridgehead atoms. The van der Waals surface area contributed by atoms with Crippen molar-refractivity contribution in [2.45, 2.75) is 32.5 Å². The number of nitrogens with one attached hydrogen (secondary N) is 1. The van der Waals surface area contributed by atoms with Crippen molar-refractivity contribution in [1.29, 1.82) is 0 Å². The summed E-state index contributed by atoms with van der Waals surface area (Å²) in [7, 11) is 0. The second kappa shape index (κ2) is 7.64. The number of nitrogens with zero attached hydrogens (tertiary/aromatic N) is 1. The third kappa shape index (κ3) is 5.50. The molecule has 0 unspecified atom stereocenters. The van der Waals surface area contributed by atoms with Crippen molar-refractivity contribution in [3.8, 4) is 0 Å². The van der Waals surface area contributed by atoms with E-state index in [2.05, 4.69) is 10.2 Å². The van der Waals surface area contributed by atoms with Gasteiger partial charge < -0.3 is 5.32 Å². The van der Waals surface area contributed by atoms with Crippen LogP contribution in [0.1, 0.15) is 31.9 Å². The largest absolute Gasteiger partial charge is 0.397 e. The van der Waals surface area contributed by atoms with Gasteiger partial charge in [0.15, 0.2) is 0 Å². The summed E-state index contributed by atoms with van der Waals surface area (Å²) >= 11 is 1.53. The number of likely N-dealkylation sites (N-methyl/N-ethyl adjacent to an activating group) is 1. The Kier molecular flexibility index (Phi) is 6.48. The minimum atomic E-state index is -4.46. The molecule has 0 saturated carbocycles. The highest BCUT2D eigenvalue weighted by Crippen LogP contribution is 2.23. The van der Waals surface area contributed by atoms with E-state index < -0.39 is 18.5 Å². The predicted molar refractivity (Wildman–Crippen MR) is 73.7 cm³/mol. The SMILES string of the molecule is CCN(CC)[C@H](CNC(=O)CC(F)(F)F)c1ccsc1. The average Bonchev–Trinajstić information content (AvgIpc) is 2.85. The predicted octanol–water partition coefficient (Wildman–Crippen LogP) is 3.20. The molecule has 0 aliphatic rings. The van der Waals surface area contributed by atoms with Crippen LogP contribution in [0.3, 0.4) is 0 Å². The maximum absolute atomic E-state index is 12.1. The molecule has 0 fully saturated rings. The first kappa shape index (κ1) is 17.0. The van der Waals surface area contributed by atoms with Crippen molar-refractivity contribution >= 4 is 17.2 Å². The highest BCUT2D eigenvalue weighted by atomic mass is 32.1. The van der Waals surface area contributed by atoms with Crippen molar-refractivity contribution in [3.63, 3.8) is 0 Å². The fraction of sp³-hybridized carbons (Fsp3) is 0.615. The number of carbonyl (C=O) groups is 1. The van der Waals surface area contributed by atoms with Gasteiger partial charge >= 0.3 is 6.18 Å². The van der Waals surface area contributed by atoms with E-state index in [1.54, 1.807) is 0 Å². The lowest BCUT2D eigenvalue weighted by Crippen LogP contribution is -2.39. The monoisotopic (exact) mass is 308 g/mol. The molecule has 0 aliphatic carbocycles. The fourth-order valence-corrected chi connectivity index (χ4v) is 2.75. The molecule has 20 heavy (non-hydrogen) atoms. The molecule has 1 aromatic heterocycles. The molecular weight excluding hydrogens is 289 g/mol.